The van der Waals surface area contributed by atoms with Gasteiger partial charge in [0.15, 0.2) is 0 Å². The summed E-state index contributed by atoms with van der Waals surface area (Å²) in [7, 11) is 0. The monoisotopic (exact) mass is 239 g/mol. The van der Waals surface area contributed by atoms with Crippen LogP contribution >= 0.6 is 0 Å². The van der Waals surface area contributed by atoms with E-state index >= 15 is 0 Å². The van der Waals surface area contributed by atoms with Gasteiger partial charge >= 0.3 is 0 Å². The summed E-state index contributed by atoms with van der Waals surface area (Å²) in [6, 6.07) is 3.61. The van der Waals surface area contributed by atoms with Crippen LogP contribution in [0.25, 0.3) is 0 Å². The molecule has 1 rings (SSSR count). The van der Waals surface area contributed by atoms with Gasteiger partial charge in [0.2, 0.25) is 5.91 Å². The highest BCUT2D eigenvalue weighted by Gasteiger charge is 2.09. The van der Waals surface area contributed by atoms with Crippen LogP contribution in [-0.4, -0.2) is 23.5 Å². The first kappa shape index (κ1) is 13.1. The Bertz CT molecular complexity index is 373. The van der Waals surface area contributed by atoms with Gasteiger partial charge in [0.05, 0.1) is 6.26 Å². The summed E-state index contributed by atoms with van der Waals surface area (Å²) in [5, 5.41) is 14.0. The number of aryl methyl sites for hydroxylation is 1. The topological polar surface area (TPSA) is 101 Å². The molecule has 1 amide bonds. The molecule has 94 valence electrons. The number of carbonyl (C=O) groups excluding carboxylic acids is 1. The Hall–Kier alpha value is -1.98. The third-order valence-corrected chi connectivity index (χ3v) is 2.40. The van der Waals surface area contributed by atoms with E-state index in [-0.39, 0.29) is 17.7 Å². The molecular weight excluding hydrogens is 222 g/mol. The molecule has 1 unspecified atom stereocenters. The van der Waals surface area contributed by atoms with Crippen LogP contribution in [0.4, 0.5) is 0 Å². The fourth-order valence-corrected chi connectivity index (χ4v) is 1.25. The first-order chi connectivity index (χ1) is 8.13. The molecule has 0 aliphatic rings. The number of furan rings is 1. The lowest BCUT2D eigenvalue weighted by molar-refractivity contribution is -0.121. The van der Waals surface area contributed by atoms with Crippen molar-refractivity contribution in [3.05, 3.63) is 24.2 Å². The van der Waals surface area contributed by atoms with Gasteiger partial charge < -0.3 is 20.7 Å². The number of hydrogen-bond acceptors (Lipinski definition) is 4. The first-order valence-corrected chi connectivity index (χ1v) is 5.40. The third-order valence-electron chi connectivity index (χ3n) is 2.40. The van der Waals surface area contributed by atoms with Gasteiger partial charge in [-0.2, -0.15) is 0 Å². The van der Waals surface area contributed by atoms with Gasteiger partial charge in [-0.25, -0.2) is 0 Å². The average Bonchev–Trinajstić information content (AvgIpc) is 2.85. The van der Waals surface area contributed by atoms with Crippen LogP contribution in [0, 0.1) is 5.92 Å². The largest absolute Gasteiger partial charge is 0.469 e. The second kappa shape index (κ2) is 6.57. The number of rotatable bonds is 6. The van der Waals surface area contributed by atoms with Gasteiger partial charge in [0, 0.05) is 25.3 Å². The van der Waals surface area contributed by atoms with E-state index in [1.807, 2.05) is 6.07 Å². The zero-order valence-corrected chi connectivity index (χ0v) is 9.72. The van der Waals surface area contributed by atoms with E-state index in [1.54, 1.807) is 19.3 Å². The number of carbonyl (C=O) groups is 1. The quantitative estimate of drug-likeness (QED) is 0.294. The van der Waals surface area contributed by atoms with Gasteiger partial charge in [-0.1, -0.05) is 12.1 Å². The summed E-state index contributed by atoms with van der Waals surface area (Å²) in [6.45, 7) is 2.12. The molecule has 17 heavy (non-hydrogen) atoms. The van der Waals surface area contributed by atoms with Crippen molar-refractivity contribution >= 4 is 11.7 Å². The van der Waals surface area contributed by atoms with Crippen LogP contribution in [0.1, 0.15) is 19.1 Å². The van der Waals surface area contributed by atoms with Gasteiger partial charge in [-0.15, -0.1) is 0 Å². The van der Waals surface area contributed by atoms with E-state index in [2.05, 4.69) is 10.5 Å². The molecule has 0 fully saturated rings. The molecule has 4 N–H and O–H groups in total. The maximum atomic E-state index is 11.5. The highest BCUT2D eigenvalue weighted by molar-refractivity contribution is 5.83. The van der Waals surface area contributed by atoms with Gasteiger partial charge in [0.1, 0.15) is 11.6 Å². The summed E-state index contributed by atoms with van der Waals surface area (Å²) in [6.07, 6.45) is 2.50. The second-order valence-electron chi connectivity index (χ2n) is 3.81. The number of amidine groups is 1. The number of nitrogens with zero attached hydrogens (tertiary/aromatic N) is 1. The molecule has 6 nitrogen and oxygen atoms in total. The molecule has 1 aromatic rings. The average molecular weight is 239 g/mol. The van der Waals surface area contributed by atoms with Crippen molar-refractivity contribution in [2.75, 3.05) is 6.54 Å². The predicted octanol–water partition coefficient (Wildman–Crippen LogP) is 0.711. The molecule has 1 aromatic heterocycles. The summed E-state index contributed by atoms with van der Waals surface area (Å²) >= 11 is 0. The SMILES string of the molecule is CC(CNC(=O)CCc1ccco1)C(N)=NO. The van der Waals surface area contributed by atoms with E-state index in [4.69, 9.17) is 15.4 Å². The molecular formula is C11H17N3O3. The molecule has 1 heterocycles. The third kappa shape index (κ3) is 4.58. The Morgan fingerprint density at radius 1 is 1.71 bits per heavy atom. The Balaban J connectivity index is 2.21. The summed E-state index contributed by atoms with van der Waals surface area (Å²) < 4.78 is 5.11. The minimum atomic E-state index is -0.187. The molecule has 0 radical (unpaired) electrons. The van der Waals surface area contributed by atoms with Crippen LogP contribution in [-0.2, 0) is 11.2 Å². The molecule has 0 spiro atoms. The lowest BCUT2D eigenvalue weighted by atomic mass is 10.1. The van der Waals surface area contributed by atoms with Crippen LogP contribution < -0.4 is 11.1 Å². The standard InChI is InChI=1S/C11H17N3O3/c1-8(11(12)14-16)7-13-10(15)5-4-9-3-2-6-17-9/h2-3,6,8,16H,4-5,7H2,1H3,(H2,12,14)(H,13,15). The van der Waals surface area contributed by atoms with Crippen molar-refractivity contribution in [2.24, 2.45) is 16.8 Å². The van der Waals surface area contributed by atoms with E-state index in [9.17, 15) is 4.79 Å². The number of hydrogen-bond donors (Lipinski definition) is 3. The van der Waals surface area contributed by atoms with Crippen LogP contribution in [0.5, 0.6) is 0 Å². The fraction of sp³-hybridized carbons (Fsp3) is 0.455. The van der Waals surface area contributed by atoms with Crippen molar-refractivity contribution in [1.82, 2.24) is 5.32 Å². The Labute approximate surface area is 99.5 Å². The molecule has 6 heteroatoms. The number of nitrogens with one attached hydrogen (secondary N) is 1. The zero-order chi connectivity index (χ0) is 12.7. The molecule has 0 bridgehead atoms. The zero-order valence-electron chi connectivity index (χ0n) is 9.72. The van der Waals surface area contributed by atoms with Crippen LogP contribution in [0.3, 0.4) is 0 Å². The lowest BCUT2D eigenvalue weighted by Crippen LogP contribution is -2.34. The highest BCUT2D eigenvalue weighted by atomic mass is 16.4. The van der Waals surface area contributed by atoms with E-state index in [0.717, 1.165) is 5.76 Å². The smallest absolute Gasteiger partial charge is 0.220 e. The van der Waals surface area contributed by atoms with Crippen molar-refractivity contribution in [3.63, 3.8) is 0 Å². The van der Waals surface area contributed by atoms with E-state index in [1.165, 1.54) is 0 Å². The normalized spacial score (nSPS) is 13.4. The summed E-state index contributed by atoms with van der Waals surface area (Å²) in [4.78, 5) is 11.5. The van der Waals surface area contributed by atoms with Crippen molar-refractivity contribution in [1.29, 1.82) is 0 Å². The number of nitrogens with two attached hydrogens (primary N) is 1. The number of oxime groups is 1. The maximum absolute atomic E-state index is 11.5. The van der Waals surface area contributed by atoms with Crippen LogP contribution in [0.15, 0.2) is 28.0 Å². The highest BCUT2D eigenvalue weighted by Crippen LogP contribution is 2.03. The predicted molar refractivity (Wildman–Crippen MR) is 62.6 cm³/mol. The van der Waals surface area contributed by atoms with Gasteiger partial charge in [-0.05, 0) is 12.1 Å². The minimum Gasteiger partial charge on any atom is -0.469 e. The second-order valence-corrected chi connectivity index (χ2v) is 3.81. The number of amides is 1. The maximum Gasteiger partial charge on any atom is 0.220 e. The van der Waals surface area contributed by atoms with E-state index < -0.39 is 0 Å². The summed E-state index contributed by atoms with van der Waals surface area (Å²) in [5.41, 5.74) is 5.39. The van der Waals surface area contributed by atoms with Crippen LogP contribution in [0.2, 0.25) is 0 Å². The van der Waals surface area contributed by atoms with Crippen molar-refractivity contribution < 1.29 is 14.4 Å². The van der Waals surface area contributed by atoms with Crippen molar-refractivity contribution in [2.45, 2.75) is 19.8 Å². The molecule has 0 aliphatic carbocycles. The van der Waals surface area contributed by atoms with Crippen molar-refractivity contribution in [3.8, 4) is 0 Å². The summed E-state index contributed by atoms with van der Waals surface area (Å²) in [5.74, 6) is 0.618. The van der Waals surface area contributed by atoms with Gasteiger partial charge in [0.25, 0.3) is 0 Å². The Morgan fingerprint density at radius 3 is 3.06 bits per heavy atom. The molecule has 0 aliphatic heterocycles. The molecule has 0 saturated heterocycles. The molecule has 0 saturated carbocycles. The van der Waals surface area contributed by atoms with Gasteiger partial charge in [-0.3, -0.25) is 4.79 Å². The fourth-order valence-electron chi connectivity index (χ4n) is 1.25. The minimum absolute atomic E-state index is 0.0843. The Kier molecular flexibility index (Phi) is 5.06. The Morgan fingerprint density at radius 2 is 2.47 bits per heavy atom. The first-order valence-electron chi connectivity index (χ1n) is 5.40. The van der Waals surface area contributed by atoms with E-state index in [0.29, 0.717) is 19.4 Å². The lowest BCUT2D eigenvalue weighted by Gasteiger charge is -2.10. The molecule has 0 aromatic carbocycles. The molecule has 1 atom stereocenters.